The molecule has 1 aromatic heterocycles. The van der Waals surface area contributed by atoms with Gasteiger partial charge >= 0.3 is 0 Å². The van der Waals surface area contributed by atoms with Gasteiger partial charge in [-0.25, -0.2) is 0 Å². The van der Waals surface area contributed by atoms with Crippen LogP contribution in [0.25, 0.3) is 0 Å². The molecule has 3 rings (SSSR count). The highest BCUT2D eigenvalue weighted by Gasteiger charge is 2.48. The molecule has 2 fully saturated rings. The van der Waals surface area contributed by atoms with E-state index in [-0.39, 0.29) is 0 Å². The minimum Gasteiger partial charge on any atom is -0.472 e. The Labute approximate surface area is 98.2 Å². The monoisotopic (exact) mass is 218 g/mol. The van der Waals surface area contributed by atoms with Crippen molar-refractivity contribution in [1.29, 1.82) is 0 Å². The maximum atomic E-state index is 5.38. The van der Waals surface area contributed by atoms with Crippen molar-refractivity contribution in [2.24, 2.45) is 11.3 Å². The van der Waals surface area contributed by atoms with Gasteiger partial charge in [0.25, 0.3) is 0 Å². The van der Waals surface area contributed by atoms with Crippen LogP contribution in [0.5, 0.6) is 0 Å². The molecule has 0 saturated heterocycles. The lowest BCUT2D eigenvalue weighted by Gasteiger charge is -2.40. The molecule has 1 nitrogen and oxygen atoms in total. The highest BCUT2D eigenvalue weighted by molar-refractivity contribution is 5.28. The molecule has 1 heterocycles. The molecule has 16 heavy (non-hydrogen) atoms. The van der Waals surface area contributed by atoms with E-state index in [0.29, 0.717) is 5.41 Å². The Morgan fingerprint density at radius 2 is 2.06 bits per heavy atom. The van der Waals surface area contributed by atoms with Gasteiger partial charge in [0.15, 0.2) is 0 Å². The highest BCUT2D eigenvalue weighted by atomic mass is 16.3. The van der Waals surface area contributed by atoms with Crippen LogP contribution in [0.1, 0.15) is 62.5 Å². The van der Waals surface area contributed by atoms with Crippen molar-refractivity contribution in [3.63, 3.8) is 0 Å². The van der Waals surface area contributed by atoms with E-state index in [1.165, 1.54) is 49.7 Å². The van der Waals surface area contributed by atoms with Crippen LogP contribution in [0.2, 0.25) is 0 Å². The van der Waals surface area contributed by atoms with E-state index >= 15 is 0 Å². The first-order valence-electron chi connectivity index (χ1n) is 6.74. The zero-order valence-electron chi connectivity index (χ0n) is 10.5. The minimum atomic E-state index is 0.562. The molecule has 0 aliphatic heterocycles. The zero-order chi connectivity index (χ0) is 11.2. The molecule has 2 aliphatic carbocycles. The molecule has 3 atom stereocenters. The number of rotatable bonds is 1. The van der Waals surface area contributed by atoms with Crippen LogP contribution in [0.4, 0.5) is 0 Å². The van der Waals surface area contributed by atoms with Crippen molar-refractivity contribution >= 4 is 0 Å². The van der Waals surface area contributed by atoms with Crippen LogP contribution in [-0.2, 0) is 0 Å². The summed E-state index contributed by atoms with van der Waals surface area (Å²) in [6.45, 7) is 4.72. The number of furan rings is 1. The lowest BCUT2D eigenvalue weighted by Crippen LogP contribution is -2.30. The molecule has 0 bridgehead atoms. The van der Waals surface area contributed by atoms with Crippen molar-refractivity contribution in [2.45, 2.75) is 58.3 Å². The largest absolute Gasteiger partial charge is 0.472 e. The van der Waals surface area contributed by atoms with Crippen LogP contribution in [0, 0.1) is 18.3 Å². The molecular weight excluding hydrogens is 196 g/mol. The summed E-state index contributed by atoms with van der Waals surface area (Å²) in [6, 6.07) is 0. The second-order valence-corrected chi connectivity index (χ2v) is 6.09. The van der Waals surface area contributed by atoms with Gasteiger partial charge in [-0.1, -0.05) is 19.8 Å². The Hall–Kier alpha value is -0.720. The first-order chi connectivity index (χ1) is 7.72. The molecule has 0 spiro atoms. The molecule has 1 aromatic rings. The van der Waals surface area contributed by atoms with Gasteiger partial charge in [-0.2, -0.15) is 0 Å². The second-order valence-electron chi connectivity index (χ2n) is 6.09. The third-order valence-corrected chi connectivity index (χ3v) is 5.32. The minimum absolute atomic E-state index is 0.562. The van der Waals surface area contributed by atoms with E-state index in [9.17, 15) is 0 Å². The molecule has 0 unspecified atom stereocenters. The average Bonchev–Trinajstić information content (AvgIpc) is 2.81. The summed E-state index contributed by atoms with van der Waals surface area (Å²) >= 11 is 0. The van der Waals surface area contributed by atoms with Gasteiger partial charge in [0, 0.05) is 0 Å². The van der Waals surface area contributed by atoms with Gasteiger partial charge in [-0.15, -0.1) is 0 Å². The fraction of sp³-hybridized carbons (Fsp3) is 0.733. The van der Waals surface area contributed by atoms with E-state index in [4.69, 9.17) is 4.42 Å². The first-order valence-corrected chi connectivity index (χ1v) is 6.74. The van der Waals surface area contributed by atoms with Gasteiger partial charge in [-0.05, 0) is 61.0 Å². The first kappa shape index (κ1) is 10.4. The zero-order valence-corrected chi connectivity index (χ0v) is 10.5. The Bertz CT molecular complexity index is 379. The second kappa shape index (κ2) is 3.65. The average molecular weight is 218 g/mol. The third kappa shape index (κ3) is 1.37. The van der Waals surface area contributed by atoms with Gasteiger partial charge in [0.1, 0.15) is 0 Å². The maximum Gasteiger partial charge on any atom is 0.0940 e. The van der Waals surface area contributed by atoms with E-state index in [0.717, 1.165) is 11.8 Å². The Balaban J connectivity index is 1.95. The molecule has 0 amide bonds. The number of aryl methyl sites for hydroxylation is 1. The molecule has 0 aromatic carbocycles. The summed E-state index contributed by atoms with van der Waals surface area (Å²) in [6.07, 6.45) is 12.5. The molecule has 88 valence electrons. The smallest absolute Gasteiger partial charge is 0.0940 e. The van der Waals surface area contributed by atoms with Crippen LogP contribution >= 0.6 is 0 Å². The van der Waals surface area contributed by atoms with Crippen LogP contribution in [0.3, 0.4) is 0 Å². The third-order valence-electron chi connectivity index (χ3n) is 5.32. The number of hydrogen-bond acceptors (Lipinski definition) is 1. The molecule has 0 radical (unpaired) electrons. The van der Waals surface area contributed by atoms with Crippen LogP contribution in [0.15, 0.2) is 16.9 Å². The molecule has 2 aliphatic rings. The lowest BCUT2D eigenvalue weighted by atomic mass is 9.64. The summed E-state index contributed by atoms with van der Waals surface area (Å²) in [4.78, 5) is 0. The fourth-order valence-electron chi connectivity index (χ4n) is 4.30. The van der Waals surface area contributed by atoms with E-state index in [1.807, 2.05) is 12.5 Å². The predicted molar refractivity (Wildman–Crippen MR) is 65.5 cm³/mol. The Morgan fingerprint density at radius 1 is 1.19 bits per heavy atom. The van der Waals surface area contributed by atoms with Crippen molar-refractivity contribution < 1.29 is 4.42 Å². The topological polar surface area (TPSA) is 13.1 Å². The predicted octanol–water partition coefficient (Wildman–Crippen LogP) is 4.66. The fourth-order valence-corrected chi connectivity index (χ4v) is 4.30. The van der Waals surface area contributed by atoms with Crippen LogP contribution < -0.4 is 0 Å². The number of hydrogen-bond donors (Lipinski definition) is 0. The van der Waals surface area contributed by atoms with Crippen LogP contribution in [-0.4, -0.2) is 0 Å². The van der Waals surface area contributed by atoms with E-state index in [1.54, 1.807) is 0 Å². The van der Waals surface area contributed by atoms with Crippen molar-refractivity contribution in [1.82, 2.24) is 0 Å². The Morgan fingerprint density at radius 3 is 2.81 bits per heavy atom. The molecule has 1 heteroatoms. The SMILES string of the molecule is Cc1cocc1[C@H]1CC[C@@H]2CCCC[C@]21C. The van der Waals surface area contributed by atoms with E-state index < -0.39 is 0 Å². The maximum absolute atomic E-state index is 5.38. The standard InChI is InChI=1S/C15H22O/c1-11-9-16-10-13(11)14-7-6-12-5-3-4-8-15(12,14)2/h9-10,12,14H,3-8H2,1-2H3/t12-,14+,15+/m0/s1. The molecule has 2 saturated carbocycles. The van der Waals surface area contributed by atoms with Gasteiger partial charge < -0.3 is 4.42 Å². The van der Waals surface area contributed by atoms with E-state index in [2.05, 4.69) is 13.8 Å². The number of fused-ring (bicyclic) bond motifs is 1. The summed E-state index contributed by atoms with van der Waals surface area (Å²) in [5.41, 5.74) is 3.41. The van der Waals surface area contributed by atoms with Crippen molar-refractivity contribution in [3.8, 4) is 0 Å². The summed E-state index contributed by atoms with van der Waals surface area (Å²) in [5, 5.41) is 0. The van der Waals surface area contributed by atoms with Gasteiger partial charge in [0.05, 0.1) is 12.5 Å². The summed E-state index contributed by atoms with van der Waals surface area (Å²) in [5.74, 6) is 1.73. The quantitative estimate of drug-likeness (QED) is 0.668. The lowest BCUT2D eigenvalue weighted by molar-refractivity contribution is 0.132. The normalized spacial score (nSPS) is 38.6. The Kier molecular flexibility index (Phi) is 2.38. The summed E-state index contributed by atoms with van der Waals surface area (Å²) in [7, 11) is 0. The van der Waals surface area contributed by atoms with Crippen molar-refractivity contribution in [3.05, 3.63) is 23.7 Å². The van der Waals surface area contributed by atoms with Gasteiger partial charge in [0.2, 0.25) is 0 Å². The highest BCUT2D eigenvalue weighted by Crippen LogP contribution is 2.59. The van der Waals surface area contributed by atoms with Crippen molar-refractivity contribution in [2.75, 3.05) is 0 Å². The molecule has 0 N–H and O–H groups in total. The summed E-state index contributed by atoms with van der Waals surface area (Å²) < 4.78 is 5.38. The van der Waals surface area contributed by atoms with Gasteiger partial charge in [-0.3, -0.25) is 0 Å². The molecular formula is C15H22O.